The molecule has 4 heteroatoms. The highest BCUT2D eigenvalue weighted by Gasteiger charge is 2.25. The van der Waals surface area contributed by atoms with Crippen molar-refractivity contribution >= 4 is 10.9 Å². The second-order valence-corrected chi connectivity index (χ2v) is 6.90. The number of hydrogen-bond donors (Lipinski definition) is 0. The summed E-state index contributed by atoms with van der Waals surface area (Å²) in [5.74, 6) is 0.969. The summed E-state index contributed by atoms with van der Waals surface area (Å²) in [4.78, 5) is 6.90. The minimum absolute atomic E-state index is 0.370. The number of benzene rings is 1. The molecule has 0 radical (unpaired) electrons. The van der Waals surface area contributed by atoms with Crippen molar-refractivity contribution in [2.75, 3.05) is 19.9 Å². The maximum absolute atomic E-state index is 6.07. The Bertz CT molecular complexity index is 696. The minimum atomic E-state index is 0.370. The van der Waals surface area contributed by atoms with Gasteiger partial charge in [0.2, 0.25) is 0 Å². The maximum Gasteiger partial charge on any atom is 0.152 e. The number of aromatic nitrogens is 1. The lowest BCUT2D eigenvalue weighted by molar-refractivity contribution is 0.0285. The molecule has 136 valence electrons. The Kier molecular flexibility index (Phi) is 6.27. The monoisotopic (exact) mass is 342 g/mol. The summed E-state index contributed by atoms with van der Waals surface area (Å²) in [5, 5.41) is 1.22. The second-order valence-electron chi connectivity index (χ2n) is 6.90. The number of hydrogen-bond acceptors (Lipinski definition) is 4. The Morgan fingerprint density at radius 1 is 1.28 bits per heavy atom. The molecule has 2 aromatic rings. The fraction of sp³-hybridized carbons (Fsp3) is 0.571. The van der Waals surface area contributed by atoms with E-state index in [2.05, 4.69) is 42.8 Å². The van der Waals surface area contributed by atoms with E-state index in [0.717, 1.165) is 37.4 Å². The third-order valence-corrected chi connectivity index (χ3v) is 4.66. The Hall–Kier alpha value is -1.65. The van der Waals surface area contributed by atoms with Crippen molar-refractivity contribution in [3.63, 3.8) is 0 Å². The molecule has 0 saturated carbocycles. The third-order valence-electron chi connectivity index (χ3n) is 4.66. The zero-order chi connectivity index (χ0) is 17.6. The Balaban J connectivity index is 0.000000569. The largest absolute Gasteiger partial charge is 0.475 e. The van der Waals surface area contributed by atoms with Crippen LogP contribution in [0, 0.1) is 0 Å². The van der Waals surface area contributed by atoms with Crippen molar-refractivity contribution in [3.8, 4) is 5.75 Å². The van der Waals surface area contributed by atoms with Crippen LogP contribution in [-0.2, 0) is 17.7 Å². The lowest BCUT2D eigenvalue weighted by Gasteiger charge is -2.31. The number of ether oxygens (including phenoxy) is 2. The smallest absolute Gasteiger partial charge is 0.152 e. The predicted molar refractivity (Wildman–Crippen MR) is 102 cm³/mol. The van der Waals surface area contributed by atoms with Crippen LogP contribution in [0.4, 0.5) is 0 Å². The maximum atomic E-state index is 6.07. The summed E-state index contributed by atoms with van der Waals surface area (Å²) in [5.41, 5.74) is 3.62. The molecule has 1 atom stereocenters. The van der Waals surface area contributed by atoms with Gasteiger partial charge in [0.05, 0.1) is 6.10 Å². The summed E-state index contributed by atoms with van der Waals surface area (Å²) in [7, 11) is 0. The van der Waals surface area contributed by atoms with E-state index >= 15 is 0 Å². The number of rotatable bonds is 3. The molecule has 25 heavy (non-hydrogen) atoms. The van der Waals surface area contributed by atoms with E-state index in [1.165, 1.54) is 35.8 Å². The molecule has 0 N–H and O–H groups in total. The quantitative estimate of drug-likeness (QED) is 0.820. The minimum Gasteiger partial charge on any atom is -0.475 e. The summed E-state index contributed by atoms with van der Waals surface area (Å²) in [6, 6.07) is 6.44. The van der Waals surface area contributed by atoms with E-state index in [4.69, 9.17) is 9.47 Å². The Labute approximate surface area is 151 Å². The van der Waals surface area contributed by atoms with E-state index in [-0.39, 0.29) is 0 Å². The first-order chi connectivity index (χ1) is 12.3. The van der Waals surface area contributed by atoms with Gasteiger partial charge >= 0.3 is 0 Å². The molecular formula is C21H30N2O2. The number of nitrogens with zero attached hydrogens (tertiary/aromatic N) is 2. The lowest BCUT2D eigenvalue weighted by atomic mass is 10.00. The molecular weight excluding hydrogens is 312 g/mol. The Morgan fingerprint density at radius 3 is 2.84 bits per heavy atom. The van der Waals surface area contributed by atoms with Crippen LogP contribution in [0.1, 0.15) is 51.2 Å². The molecule has 0 amide bonds. The highest BCUT2D eigenvalue weighted by molar-refractivity contribution is 5.89. The van der Waals surface area contributed by atoms with Crippen molar-refractivity contribution < 1.29 is 9.47 Å². The summed E-state index contributed by atoms with van der Waals surface area (Å²) >= 11 is 0. The Morgan fingerprint density at radius 2 is 2.12 bits per heavy atom. The van der Waals surface area contributed by atoms with Gasteiger partial charge in [-0.25, -0.2) is 0 Å². The van der Waals surface area contributed by atoms with Crippen molar-refractivity contribution in [2.24, 2.45) is 0 Å². The van der Waals surface area contributed by atoms with E-state index in [0.29, 0.717) is 12.8 Å². The average Bonchev–Trinajstić information content (AvgIpc) is 3.14. The van der Waals surface area contributed by atoms with Crippen LogP contribution in [-0.4, -0.2) is 35.9 Å². The highest BCUT2D eigenvalue weighted by atomic mass is 16.5. The number of pyridine rings is 1. The second kappa shape index (κ2) is 8.63. The van der Waals surface area contributed by atoms with Gasteiger partial charge in [-0.15, -0.1) is 0 Å². The average molecular weight is 342 g/mol. The topological polar surface area (TPSA) is 34.6 Å². The van der Waals surface area contributed by atoms with Crippen LogP contribution in [0.15, 0.2) is 24.4 Å². The first-order valence-electron chi connectivity index (χ1n) is 9.63. The molecule has 1 aromatic heterocycles. The van der Waals surface area contributed by atoms with Gasteiger partial charge in [0.15, 0.2) is 5.75 Å². The lowest BCUT2D eigenvalue weighted by Crippen LogP contribution is -2.37. The molecule has 3 heterocycles. The molecule has 1 fully saturated rings. The van der Waals surface area contributed by atoms with E-state index < -0.39 is 0 Å². The SMILES string of the molecule is CCC.CCc1cc2c(c3ncccc13)OCN(CC1CCCO1)C2. The summed E-state index contributed by atoms with van der Waals surface area (Å²) in [6.07, 6.45) is 6.84. The van der Waals surface area contributed by atoms with Crippen LogP contribution in [0.25, 0.3) is 10.9 Å². The van der Waals surface area contributed by atoms with E-state index in [1.54, 1.807) is 0 Å². The molecule has 0 bridgehead atoms. The van der Waals surface area contributed by atoms with Gasteiger partial charge in [-0.05, 0) is 30.9 Å². The van der Waals surface area contributed by atoms with Crippen LogP contribution < -0.4 is 4.74 Å². The fourth-order valence-electron chi connectivity index (χ4n) is 3.56. The molecule has 2 aliphatic heterocycles. The van der Waals surface area contributed by atoms with Crippen LogP contribution >= 0.6 is 0 Å². The van der Waals surface area contributed by atoms with Crippen LogP contribution in [0.2, 0.25) is 0 Å². The van der Waals surface area contributed by atoms with Gasteiger partial charge in [0.25, 0.3) is 0 Å². The van der Waals surface area contributed by atoms with Gasteiger partial charge in [0, 0.05) is 36.8 Å². The van der Waals surface area contributed by atoms with Gasteiger partial charge < -0.3 is 9.47 Å². The van der Waals surface area contributed by atoms with E-state index in [9.17, 15) is 0 Å². The number of aryl methyl sites for hydroxylation is 1. The van der Waals surface area contributed by atoms with Gasteiger partial charge in [-0.3, -0.25) is 9.88 Å². The molecule has 0 aliphatic carbocycles. The van der Waals surface area contributed by atoms with Gasteiger partial charge in [-0.1, -0.05) is 39.3 Å². The first kappa shape index (κ1) is 18.2. The molecule has 1 unspecified atom stereocenters. The molecule has 1 saturated heterocycles. The first-order valence-corrected chi connectivity index (χ1v) is 9.63. The normalized spacial score (nSPS) is 19.9. The van der Waals surface area contributed by atoms with Crippen LogP contribution in [0.3, 0.4) is 0 Å². The molecule has 0 spiro atoms. The van der Waals surface area contributed by atoms with Crippen LogP contribution in [0.5, 0.6) is 5.75 Å². The van der Waals surface area contributed by atoms with Gasteiger partial charge in [0.1, 0.15) is 12.2 Å². The molecule has 1 aromatic carbocycles. The zero-order valence-electron chi connectivity index (χ0n) is 15.8. The van der Waals surface area contributed by atoms with Gasteiger partial charge in [-0.2, -0.15) is 0 Å². The van der Waals surface area contributed by atoms with Crippen molar-refractivity contribution in [1.29, 1.82) is 0 Å². The van der Waals surface area contributed by atoms with Crippen molar-refractivity contribution in [3.05, 3.63) is 35.5 Å². The third kappa shape index (κ3) is 4.13. The molecule has 4 nitrogen and oxygen atoms in total. The molecule has 2 aliphatic rings. The zero-order valence-corrected chi connectivity index (χ0v) is 15.8. The summed E-state index contributed by atoms with van der Waals surface area (Å²) in [6.45, 7) is 9.87. The van der Waals surface area contributed by atoms with Crippen molar-refractivity contribution in [1.82, 2.24) is 9.88 Å². The standard InChI is InChI=1S/C18H22N2O2.C3H8/c1-2-13-9-14-10-20(11-15-5-4-8-21-15)12-22-18(14)17-16(13)6-3-7-19-17;1-3-2/h3,6-7,9,15H,2,4-5,8,10-12H2,1H3;3H2,1-2H3. The highest BCUT2D eigenvalue weighted by Crippen LogP contribution is 2.35. The van der Waals surface area contributed by atoms with E-state index in [1.807, 2.05) is 12.3 Å². The fourth-order valence-corrected chi connectivity index (χ4v) is 3.56. The molecule has 4 rings (SSSR count). The summed E-state index contributed by atoms with van der Waals surface area (Å²) < 4.78 is 11.8. The number of fused-ring (bicyclic) bond motifs is 3. The predicted octanol–water partition coefficient (Wildman–Crippen LogP) is 4.54. The van der Waals surface area contributed by atoms with Crippen molar-refractivity contribution in [2.45, 2.75) is 59.1 Å².